The highest BCUT2D eigenvalue weighted by Gasteiger charge is 2.25. The first-order chi connectivity index (χ1) is 8.16. The van der Waals surface area contributed by atoms with Crippen molar-refractivity contribution in [1.29, 1.82) is 0 Å². The average molecular weight is 289 g/mol. The van der Waals surface area contributed by atoms with Crippen LogP contribution in [-0.2, 0) is 16.8 Å². The van der Waals surface area contributed by atoms with Crippen LogP contribution in [0.1, 0.15) is 16.5 Å². The Morgan fingerprint density at radius 3 is 2.59 bits per heavy atom. The van der Waals surface area contributed by atoms with Gasteiger partial charge in [-0.25, -0.2) is 4.98 Å². The SMILES string of the molecule is [O-][S+](Cl)C(Cc1ccc(Cl)cc1)c1cnc[nH]1. The van der Waals surface area contributed by atoms with E-state index >= 15 is 0 Å². The summed E-state index contributed by atoms with van der Waals surface area (Å²) in [5.74, 6) is 0. The second-order valence-electron chi connectivity index (χ2n) is 3.57. The van der Waals surface area contributed by atoms with Crippen LogP contribution in [0.2, 0.25) is 5.02 Å². The van der Waals surface area contributed by atoms with Gasteiger partial charge < -0.3 is 9.54 Å². The van der Waals surface area contributed by atoms with Gasteiger partial charge in [-0.15, -0.1) is 0 Å². The molecule has 0 amide bonds. The van der Waals surface area contributed by atoms with Crippen LogP contribution in [-0.4, -0.2) is 14.5 Å². The normalized spacial score (nSPS) is 14.5. The maximum atomic E-state index is 11.5. The smallest absolute Gasteiger partial charge is 0.179 e. The van der Waals surface area contributed by atoms with Gasteiger partial charge in [0.15, 0.2) is 15.9 Å². The zero-order valence-electron chi connectivity index (χ0n) is 8.77. The standard InChI is InChI=1S/C11H10Cl2N2OS/c12-9-3-1-8(2-4-9)5-11(17(13)16)10-6-14-7-15-10/h1-4,6-7,11H,5H2,(H,14,15). The summed E-state index contributed by atoms with van der Waals surface area (Å²) < 4.78 is 11.5. The molecule has 0 bridgehead atoms. The molecule has 0 fully saturated rings. The molecule has 2 rings (SSSR count). The lowest BCUT2D eigenvalue weighted by Gasteiger charge is -2.13. The number of rotatable bonds is 4. The zero-order chi connectivity index (χ0) is 12.3. The van der Waals surface area contributed by atoms with Crippen LogP contribution < -0.4 is 0 Å². The fraction of sp³-hybridized carbons (Fsp3) is 0.182. The van der Waals surface area contributed by atoms with Crippen LogP contribution in [0.4, 0.5) is 0 Å². The second kappa shape index (κ2) is 5.78. The van der Waals surface area contributed by atoms with Gasteiger partial charge in [-0.05, 0) is 17.7 Å². The summed E-state index contributed by atoms with van der Waals surface area (Å²) in [4.78, 5) is 6.85. The molecule has 0 saturated carbocycles. The van der Waals surface area contributed by atoms with Gasteiger partial charge in [0, 0.05) is 11.4 Å². The van der Waals surface area contributed by atoms with Crippen LogP contribution in [0.15, 0.2) is 36.8 Å². The van der Waals surface area contributed by atoms with Crippen molar-refractivity contribution in [3.8, 4) is 0 Å². The van der Waals surface area contributed by atoms with Crippen molar-refractivity contribution in [3.05, 3.63) is 53.1 Å². The van der Waals surface area contributed by atoms with E-state index in [1.54, 1.807) is 24.7 Å². The molecule has 6 heteroatoms. The molecule has 1 heterocycles. The molecule has 17 heavy (non-hydrogen) atoms. The zero-order valence-corrected chi connectivity index (χ0v) is 11.1. The average Bonchev–Trinajstić information content (AvgIpc) is 2.81. The number of nitrogens with zero attached hydrogens (tertiary/aromatic N) is 1. The van der Waals surface area contributed by atoms with E-state index in [1.165, 1.54) is 0 Å². The Balaban J connectivity index is 2.16. The molecule has 2 atom stereocenters. The Morgan fingerprint density at radius 1 is 1.35 bits per heavy atom. The molecule has 2 aromatic rings. The van der Waals surface area contributed by atoms with E-state index in [4.69, 9.17) is 22.3 Å². The predicted molar refractivity (Wildman–Crippen MR) is 70.5 cm³/mol. The quantitative estimate of drug-likeness (QED) is 0.878. The summed E-state index contributed by atoms with van der Waals surface area (Å²) in [6.45, 7) is 0. The number of H-pyrrole nitrogens is 1. The maximum absolute atomic E-state index is 11.5. The highest BCUT2D eigenvalue weighted by molar-refractivity contribution is 8.13. The van der Waals surface area contributed by atoms with Crippen molar-refractivity contribution in [3.63, 3.8) is 0 Å². The third-order valence-electron chi connectivity index (χ3n) is 2.42. The van der Waals surface area contributed by atoms with Gasteiger partial charge in [0.2, 0.25) is 0 Å². The molecule has 1 N–H and O–H groups in total. The third-order valence-corrected chi connectivity index (χ3v) is 4.19. The van der Waals surface area contributed by atoms with E-state index < -0.39 is 10.4 Å². The van der Waals surface area contributed by atoms with Gasteiger partial charge in [-0.1, -0.05) is 23.7 Å². The summed E-state index contributed by atoms with van der Waals surface area (Å²) >= 11 is 5.81. The molecule has 1 aromatic carbocycles. The van der Waals surface area contributed by atoms with Gasteiger partial charge in [-0.2, -0.15) is 0 Å². The minimum atomic E-state index is -1.47. The summed E-state index contributed by atoms with van der Waals surface area (Å²) in [7, 11) is 4.24. The van der Waals surface area contributed by atoms with Gasteiger partial charge in [0.1, 0.15) is 0 Å². The summed E-state index contributed by atoms with van der Waals surface area (Å²) in [6.07, 6.45) is 3.77. The summed E-state index contributed by atoms with van der Waals surface area (Å²) in [5, 5.41) is 0.388. The van der Waals surface area contributed by atoms with Crippen LogP contribution in [0.25, 0.3) is 0 Å². The molecule has 2 unspecified atom stereocenters. The van der Waals surface area contributed by atoms with Crippen LogP contribution in [0, 0.1) is 0 Å². The van der Waals surface area contributed by atoms with Gasteiger partial charge in [-0.3, -0.25) is 0 Å². The lowest BCUT2D eigenvalue weighted by atomic mass is 10.1. The molecule has 0 aliphatic rings. The van der Waals surface area contributed by atoms with Gasteiger partial charge in [0.25, 0.3) is 0 Å². The number of benzene rings is 1. The topological polar surface area (TPSA) is 51.7 Å². The lowest BCUT2D eigenvalue weighted by molar-refractivity contribution is 0.593. The van der Waals surface area contributed by atoms with Gasteiger partial charge in [0.05, 0.1) is 28.6 Å². The van der Waals surface area contributed by atoms with Crippen LogP contribution in [0.5, 0.6) is 0 Å². The third kappa shape index (κ3) is 3.39. The van der Waals surface area contributed by atoms with E-state index in [-0.39, 0.29) is 5.25 Å². The number of nitrogens with one attached hydrogen (secondary N) is 1. The Labute approximate surface area is 112 Å². The number of hydrogen-bond acceptors (Lipinski definition) is 2. The Bertz CT molecular complexity index is 459. The van der Waals surface area contributed by atoms with E-state index in [0.717, 1.165) is 11.3 Å². The highest BCUT2D eigenvalue weighted by Crippen LogP contribution is 2.28. The molecule has 0 saturated heterocycles. The molecule has 0 aliphatic carbocycles. The number of imidazole rings is 1. The van der Waals surface area contributed by atoms with Crippen molar-refractivity contribution in [2.24, 2.45) is 0 Å². The van der Waals surface area contributed by atoms with Gasteiger partial charge >= 0.3 is 0 Å². The maximum Gasteiger partial charge on any atom is 0.179 e. The first kappa shape index (κ1) is 12.8. The number of halogens is 2. The molecular formula is C11H10Cl2N2OS. The van der Waals surface area contributed by atoms with E-state index in [0.29, 0.717) is 11.4 Å². The molecule has 90 valence electrons. The van der Waals surface area contributed by atoms with E-state index in [1.807, 2.05) is 12.1 Å². The van der Waals surface area contributed by atoms with Crippen molar-refractivity contribution >= 4 is 32.7 Å². The molecule has 3 nitrogen and oxygen atoms in total. The van der Waals surface area contributed by atoms with E-state index in [2.05, 4.69) is 9.97 Å². The fourth-order valence-electron chi connectivity index (χ4n) is 1.55. The summed E-state index contributed by atoms with van der Waals surface area (Å²) in [6, 6.07) is 7.40. The molecule has 0 radical (unpaired) electrons. The predicted octanol–water partition coefficient (Wildman–Crippen LogP) is 3.25. The van der Waals surface area contributed by atoms with Crippen molar-refractivity contribution in [2.75, 3.05) is 0 Å². The van der Waals surface area contributed by atoms with Crippen molar-refractivity contribution in [1.82, 2.24) is 9.97 Å². The van der Waals surface area contributed by atoms with Crippen LogP contribution in [0.3, 0.4) is 0 Å². The minimum absolute atomic E-state index is 0.291. The minimum Gasteiger partial charge on any atom is -0.599 e. The molecule has 0 spiro atoms. The Kier molecular flexibility index (Phi) is 4.34. The Morgan fingerprint density at radius 2 is 2.06 bits per heavy atom. The largest absolute Gasteiger partial charge is 0.599 e. The van der Waals surface area contributed by atoms with Crippen molar-refractivity contribution in [2.45, 2.75) is 11.7 Å². The molecular weight excluding hydrogens is 279 g/mol. The van der Waals surface area contributed by atoms with Crippen LogP contribution >= 0.6 is 22.3 Å². The second-order valence-corrected chi connectivity index (χ2v) is 5.99. The first-order valence-electron chi connectivity index (χ1n) is 4.96. The summed E-state index contributed by atoms with van der Waals surface area (Å²) in [5.41, 5.74) is 1.80. The lowest BCUT2D eigenvalue weighted by Crippen LogP contribution is -2.11. The molecule has 1 aromatic heterocycles. The fourth-order valence-corrected chi connectivity index (χ4v) is 2.81. The highest BCUT2D eigenvalue weighted by atomic mass is 35.7. The monoisotopic (exact) mass is 288 g/mol. The molecule has 0 aliphatic heterocycles. The number of aromatic amines is 1. The first-order valence-corrected chi connectivity index (χ1v) is 7.38. The van der Waals surface area contributed by atoms with E-state index in [9.17, 15) is 4.55 Å². The number of hydrogen-bond donors (Lipinski definition) is 1. The number of aromatic nitrogens is 2. The Hall–Kier alpha value is -0.680. The van der Waals surface area contributed by atoms with Crippen molar-refractivity contribution < 1.29 is 4.55 Å².